The molecule has 0 spiro atoms. The smallest absolute Gasteiger partial charge is 0.280 e. The highest BCUT2D eigenvalue weighted by atomic mass is 19.1. The summed E-state index contributed by atoms with van der Waals surface area (Å²) in [6.07, 6.45) is 5.46. The van der Waals surface area contributed by atoms with E-state index >= 15 is 0 Å². The van der Waals surface area contributed by atoms with Crippen molar-refractivity contribution in [1.29, 1.82) is 0 Å². The molecule has 1 saturated carbocycles. The van der Waals surface area contributed by atoms with Gasteiger partial charge in [0.1, 0.15) is 17.1 Å². The fourth-order valence-electron chi connectivity index (χ4n) is 5.06. The highest BCUT2D eigenvalue weighted by molar-refractivity contribution is 6.05. The summed E-state index contributed by atoms with van der Waals surface area (Å²) in [4.78, 5) is 35.0. The molecule has 0 radical (unpaired) electrons. The Kier molecular flexibility index (Phi) is 6.71. The Hall–Kier alpha value is -4.47. The van der Waals surface area contributed by atoms with Crippen LogP contribution >= 0.6 is 0 Å². The van der Waals surface area contributed by atoms with Gasteiger partial charge in [-0.2, -0.15) is 0 Å². The van der Waals surface area contributed by atoms with Gasteiger partial charge in [0.2, 0.25) is 0 Å². The second-order valence-electron chi connectivity index (χ2n) is 9.41. The van der Waals surface area contributed by atoms with Gasteiger partial charge in [0, 0.05) is 29.6 Å². The summed E-state index contributed by atoms with van der Waals surface area (Å²) < 4.78 is 23.4. The minimum atomic E-state index is -0.540. The first-order chi connectivity index (χ1) is 18.3. The molecular weight excluding hydrogens is 487 g/mol. The van der Waals surface area contributed by atoms with E-state index in [0.29, 0.717) is 28.3 Å². The standard InChI is InChI=1S/C28H29FN6O3/c1-16-23(28(37)35(34(16)2)19-7-4-5-8-19)27(36)32-18-13-11-17(12-14-18)25-26(30)31-15-21(33-25)20-9-6-10-22(38-3)24(20)29/h6,9-15,19H,4-5,7-8H2,1-3H3,(H2,30,31)(H,32,36). The van der Waals surface area contributed by atoms with Gasteiger partial charge in [-0.3, -0.25) is 14.3 Å². The number of ether oxygens (including phenoxy) is 1. The number of benzene rings is 2. The zero-order valence-corrected chi connectivity index (χ0v) is 21.5. The number of nitrogen functional groups attached to an aromatic ring is 1. The Bertz CT molecular complexity index is 1570. The summed E-state index contributed by atoms with van der Waals surface area (Å²) in [6.45, 7) is 1.78. The van der Waals surface area contributed by atoms with E-state index in [0.717, 1.165) is 25.7 Å². The quantitative estimate of drug-likeness (QED) is 0.383. The maximum atomic E-state index is 14.8. The number of halogens is 1. The molecule has 0 aliphatic heterocycles. The Morgan fingerprint density at radius 3 is 2.55 bits per heavy atom. The van der Waals surface area contributed by atoms with Crippen LogP contribution in [0.2, 0.25) is 0 Å². The minimum absolute atomic E-state index is 0.103. The third kappa shape index (κ3) is 4.42. The molecule has 0 unspecified atom stereocenters. The number of rotatable bonds is 6. The van der Waals surface area contributed by atoms with Crippen molar-refractivity contribution < 1.29 is 13.9 Å². The number of nitrogens with one attached hydrogen (secondary N) is 1. The Balaban J connectivity index is 1.40. The van der Waals surface area contributed by atoms with Crippen LogP contribution in [-0.2, 0) is 7.05 Å². The van der Waals surface area contributed by atoms with Gasteiger partial charge in [0.25, 0.3) is 11.5 Å². The third-order valence-corrected chi connectivity index (χ3v) is 7.17. The molecule has 2 aromatic carbocycles. The monoisotopic (exact) mass is 516 g/mol. The fraction of sp³-hybridized carbons (Fsp3) is 0.286. The summed E-state index contributed by atoms with van der Waals surface area (Å²) in [6, 6.07) is 11.8. The lowest BCUT2D eigenvalue weighted by Crippen LogP contribution is -2.28. The molecule has 1 aliphatic rings. The molecule has 3 N–H and O–H groups in total. The average Bonchev–Trinajstić information content (AvgIpc) is 3.51. The summed E-state index contributed by atoms with van der Waals surface area (Å²) in [7, 11) is 3.21. The van der Waals surface area contributed by atoms with E-state index in [1.807, 2.05) is 7.05 Å². The van der Waals surface area contributed by atoms with Gasteiger partial charge in [-0.05, 0) is 44.0 Å². The topological polar surface area (TPSA) is 117 Å². The van der Waals surface area contributed by atoms with Crippen molar-refractivity contribution in [1.82, 2.24) is 19.3 Å². The average molecular weight is 517 g/mol. The van der Waals surface area contributed by atoms with Gasteiger partial charge >= 0.3 is 0 Å². The molecule has 5 rings (SSSR count). The first kappa shape index (κ1) is 25.2. The van der Waals surface area contributed by atoms with Crippen LogP contribution in [-0.4, -0.2) is 32.3 Å². The van der Waals surface area contributed by atoms with Gasteiger partial charge in [0.15, 0.2) is 11.6 Å². The van der Waals surface area contributed by atoms with Crippen molar-refractivity contribution in [3.63, 3.8) is 0 Å². The number of aromatic nitrogens is 4. The second kappa shape index (κ2) is 10.1. The molecule has 10 heteroatoms. The fourth-order valence-corrected chi connectivity index (χ4v) is 5.06. The van der Waals surface area contributed by atoms with E-state index in [4.69, 9.17) is 10.5 Å². The van der Waals surface area contributed by atoms with E-state index in [9.17, 15) is 14.0 Å². The molecule has 196 valence electrons. The maximum absolute atomic E-state index is 14.8. The van der Waals surface area contributed by atoms with E-state index in [2.05, 4.69) is 15.3 Å². The lowest BCUT2D eigenvalue weighted by molar-refractivity contribution is 0.102. The molecule has 0 saturated heterocycles. The number of carbonyl (C=O) groups excluding carboxylic acids is 1. The Morgan fingerprint density at radius 2 is 1.87 bits per heavy atom. The first-order valence-corrected chi connectivity index (χ1v) is 12.5. The van der Waals surface area contributed by atoms with E-state index in [1.165, 1.54) is 19.4 Å². The zero-order chi connectivity index (χ0) is 27.0. The third-order valence-electron chi connectivity index (χ3n) is 7.17. The van der Waals surface area contributed by atoms with Crippen molar-refractivity contribution >= 4 is 17.4 Å². The summed E-state index contributed by atoms with van der Waals surface area (Å²) >= 11 is 0. The van der Waals surface area contributed by atoms with Crippen LogP contribution in [0.15, 0.2) is 53.5 Å². The molecule has 0 bridgehead atoms. The van der Waals surface area contributed by atoms with E-state index < -0.39 is 11.7 Å². The zero-order valence-electron chi connectivity index (χ0n) is 21.5. The molecule has 4 aromatic rings. The van der Waals surface area contributed by atoms with Crippen LogP contribution in [0.5, 0.6) is 5.75 Å². The number of anilines is 2. The minimum Gasteiger partial charge on any atom is -0.494 e. The molecule has 2 aromatic heterocycles. The Labute approximate surface area is 219 Å². The molecule has 1 fully saturated rings. The highest BCUT2D eigenvalue weighted by Gasteiger charge is 2.27. The first-order valence-electron chi connectivity index (χ1n) is 12.5. The van der Waals surface area contributed by atoms with Crippen molar-refractivity contribution in [2.24, 2.45) is 7.05 Å². The number of amides is 1. The molecule has 1 amide bonds. The summed E-state index contributed by atoms with van der Waals surface area (Å²) in [5, 5.41) is 2.83. The van der Waals surface area contributed by atoms with Crippen molar-refractivity contribution in [3.05, 3.63) is 76.1 Å². The van der Waals surface area contributed by atoms with Gasteiger partial charge in [-0.1, -0.05) is 31.0 Å². The SMILES string of the molecule is COc1cccc(-c2cnc(N)c(-c3ccc(NC(=O)c4c(C)n(C)n(C5CCCC5)c4=O)cc3)n2)c1F. The molecule has 38 heavy (non-hydrogen) atoms. The lowest BCUT2D eigenvalue weighted by Gasteiger charge is -2.14. The highest BCUT2D eigenvalue weighted by Crippen LogP contribution is 2.32. The maximum Gasteiger partial charge on any atom is 0.280 e. The van der Waals surface area contributed by atoms with Gasteiger partial charge in [-0.15, -0.1) is 0 Å². The molecule has 9 nitrogen and oxygen atoms in total. The number of nitrogens with zero attached hydrogens (tertiary/aromatic N) is 4. The van der Waals surface area contributed by atoms with E-state index in [-0.39, 0.29) is 34.3 Å². The van der Waals surface area contributed by atoms with Crippen LogP contribution in [0.25, 0.3) is 22.5 Å². The summed E-state index contributed by atoms with van der Waals surface area (Å²) in [5.74, 6) is -0.712. The van der Waals surface area contributed by atoms with Crippen LogP contribution in [0.4, 0.5) is 15.9 Å². The van der Waals surface area contributed by atoms with Gasteiger partial charge < -0.3 is 15.8 Å². The normalized spacial score (nSPS) is 13.6. The number of nitrogens with two attached hydrogens (primary N) is 1. The number of hydrogen-bond donors (Lipinski definition) is 2. The molecule has 1 aliphatic carbocycles. The van der Waals surface area contributed by atoms with Gasteiger partial charge in [0.05, 0.1) is 25.0 Å². The lowest BCUT2D eigenvalue weighted by atomic mass is 10.1. The second-order valence-corrected chi connectivity index (χ2v) is 9.41. The predicted molar refractivity (Wildman–Crippen MR) is 144 cm³/mol. The molecule has 0 atom stereocenters. The van der Waals surface area contributed by atoms with Crippen LogP contribution < -0.4 is 21.3 Å². The largest absolute Gasteiger partial charge is 0.494 e. The number of methoxy groups -OCH3 is 1. The van der Waals surface area contributed by atoms with Crippen LogP contribution in [0.1, 0.15) is 47.8 Å². The number of carbonyl (C=O) groups is 1. The van der Waals surface area contributed by atoms with Crippen molar-refractivity contribution in [2.75, 3.05) is 18.2 Å². The van der Waals surface area contributed by atoms with Crippen molar-refractivity contribution in [3.8, 4) is 28.3 Å². The van der Waals surface area contributed by atoms with Crippen LogP contribution in [0, 0.1) is 12.7 Å². The molecular formula is C28H29FN6O3. The molecule has 2 heterocycles. The number of hydrogen-bond acceptors (Lipinski definition) is 6. The van der Waals surface area contributed by atoms with Crippen molar-refractivity contribution in [2.45, 2.75) is 38.6 Å². The van der Waals surface area contributed by atoms with E-state index in [1.54, 1.807) is 52.7 Å². The van der Waals surface area contributed by atoms with Crippen LogP contribution in [0.3, 0.4) is 0 Å². The predicted octanol–water partition coefficient (Wildman–Crippen LogP) is 4.72. The Morgan fingerprint density at radius 1 is 1.16 bits per heavy atom. The van der Waals surface area contributed by atoms with Gasteiger partial charge in [-0.25, -0.2) is 19.0 Å². The summed E-state index contributed by atoms with van der Waals surface area (Å²) in [5.41, 5.74) is 8.66.